The van der Waals surface area contributed by atoms with Gasteiger partial charge in [-0.15, -0.1) is 0 Å². The summed E-state index contributed by atoms with van der Waals surface area (Å²) in [4.78, 5) is 7.62. The molecule has 0 spiro atoms. The molecule has 0 aromatic heterocycles. The lowest BCUT2D eigenvalue weighted by molar-refractivity contribution is 1.19. The summed E-state index contributed by atoms with van der Waals surface area (Å²) in [5.74, 6) is 0. The van der Waals surface area contributed by atoms with E-state index in [-0.39, 0.29) is 0 Å². The molecule has 0 radical (unpaired) electrons. The lowest BCUT2D eigenvalue weighted by Crippen LogP contribution is -1.81. The van der Waals surface area contributed by atoms with E-state index in [0.717, 1.165) is 0 Å². The summed E-state index contributed by atoms with van der Waals surface area (Å²) in [6.45, 7) is 0.455. The van der Waals surface area contributed by atoms with Crippen LogP contribution in [0.2, 0.25) is 0 Å². The van der Waals surface area contributed by atoms with Crippen LogP contribution >= 0.6 is 0 Å². The molecule has 44 valence electrons. The number of hydrogen-bond acceptors (Lipinski definition) is 3. The van der Waals surface area contributed by atoms with E-state index >= 15 is 0 Å². The summed E-state index contributed by atoms with van der Waals surface area (Å²) < 4.78 is 0. The Hall–Kier alpha value is -1.43. The number of nitriles is 1. The number of aliphatic imine (C=N–C) groups is 2. The molecule has 1 aliphatic heterocycles. The number of nitrogens with zero attached hydrogens (tertiary/aromatic N) is 3. The Morgan fingerprint density at radius 2 is 2.44 bits per heavy atom. The highest BCUT2D eigenvalue weighted by atomic mass is 14.8. The van der Waals surface area contributed by atoms with Crippen molar-refractivity contribution in [1.82, 2.24) is 0 Å². The highest BCUT2D eigenvalue weighted by Gasteiger charge is 1.91. The maximum Gasteiger partial charge on any atom is 0.0983 e. The molecular weight excluding hydrogens is 114 g/mol. The smallest absolute Gasteiger partial charge is 0.0983 e. The molecule has 0 amide bonds. The molecule has 3 heteroatoms. The molecule has 0 aromatic rings. The quantitative estimate of drug-likeness (QED) is 0.459. The largest absolute Gasteiger partial charge is 0.286 e. The topological polar surface area (TPSA) is 48.5 Å². The van der Waals surface area contributed by atoms with Gasteiger partial charge in [0, 0.05) is 18.6 Å². The van der Waals surface area contributed by atoms with Gasteiger partial charge in [-0.1, -0.05) is 0 Å². The molecule has 1 heterocycles. The highest BCUT2D eigenvalue weighted by molar-refractivity contribution is 6.16. The van der Waals surface area contributed by atoms with Crippen LogP contribution in [0.3, 0.4) is 0 Å². The fourth-order valence-corrected chi connectivity index (χ4v) is 0.475. The van der Waals surface area contributed by atoms with Gasteiger partial charge in [0.15, 0.2) is 0 Å². The molecule has 3 nitrogen and oxygen atoms in total. The highest BCUT2D eigenvalue weighted by Crippen LogP contribution is 1.94. The average Bonchev–Trinajstić information content (AvgIpc) is 2.13. The molecule has 1 aliphatic rings. The molecule has 0 aliphatic carbocycles. The van der Waals surface area contributed by atoms with E-state index in [2.05, 4.69) is 9.98 Å². The second-order valence-electron chi connectivity index (χ2n) is 1.55. The van der Waals surface area contributed by atoms with Gasteiger partial charge in [-0.3, -0.25) is 9.98 Å². The van der Waals surface area contributed by atoms with Crippen LogP contribution in [0.15, 0.2) is 21.8 Å². The summed E-state index contributed by atoms with van der Waals surface area (Å²) in [7, 11) is 0. The third-order valence-corrected chi connectivity index (χ3v) is 0.894. The zero-order valence-corrected chi connectivity index (χ0v) is 4.78. The fourth-order valence-electron chi connectivity index (χ4n) is 0.475. The first-order valence-corrected chi connectivity index (χ1v) is 2.54. The van der Waals surface area contributed by atoms with Crippen LogP contribution in [0.25, 0.3) is 0 Å². The van der Waals surface area contributed by atoms with E-state index < -0.39 is 0 Å². The van der Waals surface area contributed by atoms with Crippen LogP contribution in [0.1, 0.15) is 0 Å². The van der Waals surface area contributed by atoms with Gasteiger partial charge in [-0.2, -0.15) is 5.26 Å². The minimum Gasteiger partial charge on any atom is -0.286 e. The van der Waals surface area contributed by atoms with Crippen LogP contribution in [0.5, 0.6) is 0 Å². The van der Waals surface area contributed by atoms with E-state index in [0.29, 0.717) is 12.1 Å². The maximum atomic E-state index is 8.35. The minimum absolute atomic E-state index is 0.455. The van der Waals surface area contributed by atoms with Crippen LogP contribution in [0.4, 0.5) is 0 Å². The molecule has 0 unspecified atom stereocenters. The van der Waals surface area contributed by atoms with Crippen molar-refractivity contribution in [3.05, 3.63) is 11.8 Å². The van der Waals surface area contributed by atoms with E-state index in [1.54, 1.807) is 12.4 Å². The Morgan fingerprint density at radius 1 is 1.56 bits per heavy atom. The van der Waals surface area contributed by atoms with Gasteiger partial charge in [0.05, 0.1) is 18.2 Å². The molecule has 0 aromatic carbocycles. The van der Waals surface area contributed by atoms with Crippen LogP contribution in [-0.2, 0) is 0 Å². The van der Waals surface area contributed by atoms with Crippen molar-refractivity contribution in [2.45, 2.75) is 0 Å². The monoisotopic (exact) mass is 119 g/mol. The predicted molar refractivity (Wildman–Crippen MR) is 35.5 cm³/mol. The van der Waals surface area contributed by atoms with Gasteiger partial charge in [0.1, 0.15) is 0 Å². The van der Waals surface area contributed by atoms with Gasteiger partial charge in [0.25, 0.3) is 0 Å². The summed E-state index contributed by atoms with van der Waals surface area (Å²) in [5.41, 5.74) is 0.597. The maximum absolute atomic E-state index is 8.35. The minimum atomic E-state index is 0.455. The fraction of sp³-hybridized carbons (Fsp3) is 0.167. The van der Waals surface area contributed by atoms with Crippen molar-refractivity contribution in [1.29, 1.82) is 5.26 Å². The molecule has 0 saturated heterocycles. The molecule has 0 N–H and O–H groups in total. The molecule has 0 bridgehead atoms. The number of rotatable bonds is 0. The number of hydrogen-bond donors (Lipinski definition) is 0. The Labute approximate surface area is 53.1 Å². The van der Waals surface area contributed by atoms with Gasteiger partial charge >= 0.3 is 0 Å². The van der Waals surface area contributed by atoms with Crippen molar-refractivity contribution in [2.75, 3.05) is 6.54 Å². The third kappa shape index (κ3) is 1.50. The van der Waals surface area contributed by atoms with Gasteiger partial charge in [0.2, 0.25) is 0 Å². The lowest BCUT2D eigenvalue weighted by Gasteiger charge is -1.82. The second-order valence-corrected chi connectivity index (χ2v) is 1.55. The summed E-state index contributed by atoms with van der Waals surface area (Å²) >= 11 is 0. The normalized spacial score (nSPS) is 16.1. The molecule has 0 fully saturated rings. The van der Waals surface area contributed by atoms with E-state index in [1.165, 1.54) is 6.20 Å². The molecular formula is C6H5N3. The Balaban J connectivity index is 2.77. The van der Waals surface area contributed by atoms with E-state index in [4.69, 9.17) is 5.26 Å². The summed E-state index contributed by atoms with van der Waals surface area (Å²) in [6.07, 6.45) is 4.66. The lowest BCUT2D eigenvalue weighted by atomic mass is 10.3. The van der Waals surface area contributed by atoms with Gasteiger partial charge in [-0.25, -0.2) is 0 Å². The van der Waals surface area contributed by atoms with Crippen LogP contribution in [0, 0.1) is 11.3 Å². The van der Waals surface area contributed by atoms with E-state index in [1.807, 2.05) is 6.07 Å². The van der Waals surface area contributed by atoms with Crippen molar-refractivity contribution < 1.29 is 0 Å². The zero-order valence-electron chi connectivity index (χ0n) is 4.78. The predicted octanol–water partition coefficient (Wildman–Crippen LogP) is 0.549. The summed E-state index contributed by atoms with van der Waals surface area (Å²) in [6, 6.07) is 1.98. The first kappa shape index (κ1) is 5.70. The molecule has 0 atom stereocenters. The Kier molecular flexibility index (Phi) is 1.76. The third-order valence-electron chi connectivity index (χ3n) is 0.894. The van der Waals surface area contributed by atoms with Crippen LogP contribution in [-0.4, -0.2) is 19.0 Å². The van der Waals surface area contributed by atoms with E-state index in [9.17, 15) is 0 Å². The second kappa shape index (κ2) is 2.78. The van der Waals surface area contributed by atoms with Crippen molar-refractivity contribution in [3.63, 3.8) is 0 Å². The van der Waals surface area contributed by atoms with Crippen molar-refractivity contribution in [2.24, 2.45) is 9.98 Å². The standard InChI is InChI=1S/C6H5N3/c7-3-6-4-8-1-2-9-5-6/h1-2,4H,5H2. The molecule has 0 saturated carbocycles. The average molecular weight is 119 g/mol. The van der Waals surface area contributed by atoms with Crippen molar-refractivity contribution >= 4 is 12.4 Å². The van der Waals surface area contributed by atoms with Gasteiger partial charge in [-0.05, 0) is 0 Å². The van der Waals surface area contributed by atoms with Gasteiger partial charge < -0.3 is 0 Å². The Morgan fingerprint density at radius 3 is 3.22 bits per heavy atom. The first-order chi connectivity index (χ1) is 4.43. The first-order valence-electron chi connectivity index (χ1n) is 2.54. The summed E-state index contributed by atoms with van der Waals surface area (Å²) in [5, 5.41) is 8.35. The Bertz CT molecular complexity index is 217. The molecule has 9 heavy (non-hydrogen) atoms. The SMILES string of the molecule is N#CC1=CN=CC=NC1. The zero-order chi connectivity index (χ0) is 6.53. The van der Waals surface area contributed by atoms with Crippen LogP contribution < -0.4 is 0 Å². The van der Waals surface area contributed by atoms with Crippen molar-refractivity contribution in [3.8, 4) is 6.07 Å². The molecule has 1 rings (SSSR count).